The lowest BCUT2D eigenvalue weighted by Crippen LogP contribution is -2.37. The van der Waals surface area contributed by atoms with Gasteiger partial charge in [-0.05, 0) is 179 Å². The molecule has 9 nitrogen and oxygen atoms in total. The maximum atomic E-state index is 12.0. The predicted octanol–water partition coefficient (Wildman–Crippen LogP) is 12.7. The standard InChI is InChI=1S/C28H41NO3.C21H26O2.C7H15NO2/c1-7-31-26(30)28(5,6)19-29-18-20-8-9-22-17-25(13-10-21(22)16-20)32-24-14-11-23(12-15-24)27(2,3)4;1-21(2,3)18-7-10-19(11-8-18)23-20-9-6-16-12-15(14-22)4-5-17(16)13-20;1-4-10-6(9)7(2,3)5-8/h8-10,13,16-17,23-24,29H,7,11-12,14-15,18-19H2,1-6H3;4-6,9,12-14,18-19H,7-8,10-11H2,1-3H3;4-5,8H2,1-3H3. The van der Waals surface area contributed by atoms with Gasteiger partial charge in [0.2, 0.25) is 0 Å². The zero-order valence-electron chi connectivity index (χ0n) is 41.9. The molecule has 9 heteroatoms. The van der Waals surface area contributed by atoms with Crippen LogP contribution in [-0.4, -0.2) is 56.7 Å². The third kappa shape index (κ3) is 16.4. The van der Waals surface area contributed by atoms with Gasteiger partial charge in [0.1, 0.15) is 17.8 Å². The van der Waals surface area contributed by atoms with E-state index in [1.807, 2.05) is 51.1 Å². The van der Waals surface area contributed by atoms with Crippen molar-refractivity contribution in [2.24, 2.45) is 39.2 Å². The van der Waals surface area contributed by atoms with Crippen LogP contribution in [0, 0.1) is 33.5 Å². The summed E-state index contributed by atoms with van der Waals surface area (Å²) in [6.45, 7) is 27.5. The molecule has 2 fully saturated rings. The summed E-state index contributed by atoms with van der Waals surface area (Å²) in [5, 5.41) is 8.01. The zero-order chi connectivity index (χ0) is 48.0. The van der Waals surface area contributed by atoms with Crippen molar-refractivity contribution in [2.45, 2.75) is 153 Å². The topological polar surface area (TPSA) is 126 Å². The van der Waals surface area contributed by atoms with E-state index in [-0.39, 0.29) is 11.9 Å². The van der Waals surface area contributed by atoms with Crippen LogP contribution in [-0.2, 0) is 25.6 Å². The Morgan fingerprint density at radius 1 is 0.585 bits per heavy atom. The number of nitrogens with two attached hydrogens (primary N) is 1. The van der Waals surface area contributed by atoms with E-state index in [1.54, 1.807) is 20.8 Å². The predicted molar refractivity (Wildman–Crippen MR) is 267 cm³/mol. The Labute approximate surface area is 391 Å². The Hall–Kier alpha value is -4.47. The fraction of sp³-hybridized carbons (Fsp3) is 0.589. The fourth-order valence-corrected chi connectivity index (χ4v) is 8.65. The van der Waals surface area contributed by atoms with Crippen molar-refractivity contribution in [3.63, 3.8) is 0 Å². The molecule has 0 spiro atoms. The molecule has 0 saturated heterocycles. The van der Waals surface area contributed by atoms with Crippen LogP contribution >= 0.6 is 0 Å². The molecule has 6 rings (SSSR count). The monoisotopic (exact) mass is 895 g/mol. The highest BCUT2D eigenvalue weighted by Gasteiger charge is 2.32. The molecule has 0 aliphatic heterocycles. The van der Waals surface area contributed by atoms with E-state index in [2.05, 4.69) is 89.3 Å². The first-order valence-corrected chi connectivity index (χ1v) is 24.2. The molecule has 2 aliphatic rings. The highest BCUT2D eigenvalue weighted by molar-refractivity contribution is 5.89. The van der Waals surface area contributed by atoms with Crippen molar-refractivity contribution >= 4 is 39.8 Å². The van der Waals surface area contributed by atoms with Gasteiger partial charge in [0, 0.05) is 25.2 Å². The molecule has 4 aromatic rings. The summed E-state index contributed by atoms with van der Waals surface area (Å²) in [5.74, 6) is 3.13. The van der Waals surface area contributed by atoms with E-state index in [9.17, 15) is 14.4 Å². The summed E-state index contributed by atoms with van der Waals surface area (Å²) in [5.41, 5.74) is 6.99. The molecule has 0 bridgehead atoms. The summed E-state index contributed by atoms with van der Waals surface area (Å²) in [4.78, 5) is 33.9. The highest BCUT2D eigenvalue weighted by Crippen LogP contribution is 2.40. The number of carbonyl (C=O) groups excluding carboxylic acids is 3. The Bertz CT molecular complexity index is 2130. The van der Waals surface area contributed by atoms with Gasteiger partial charge in [-0.15, -0.1) is 0 Å². The van der Waals surface area contributed by atoms with Crippen LogP contribution in [0.5, 0.6) is 11.5 Å². The zero-order valence-corrected chi connectivity index (χ0v) is 41.9. The molecule has 0 atom stereocenters. The molecular weight excluding hydrogens is 813 g/mol. The minimum atomic E-state index is -0.537. The van der Waals surface area contributed by atoms with Gasteiger partial charge in [0.05, 0.1) is 36.3 Å². The van der Waals surface area contributed by atoms with Crippen molar-refractivity contribution in [2.75, 3.05) is 26.3 Å². The van der Waals surface area contributed by atoms with Crippen molar-refractivity contribution in [3.8, 4) is 11.5 Å². The number of nitrogens with one attached hydrogen (secondary N) is 1. The molecule has 2 saturated carbocycles. The number of esters is 2. The first-order valence-electron chi connectivity index (χ1n) is 24.2. The first kappa shape index (κ1) is 53.1. The quantitative estimate of drug-likeness (QED) is 0.0940. The lowest BCUT2D eigenvalue weighted by molar-refractivity contribution is -0.153. The molecule has 0 unspecified atom stereocenters. The summed E-state index contributed by atoms with van der Waals surface area (Å²) in [7, 11) is 0. The third-order valence-corrected chi connectivity index (χ3v) is 13.3. The van der Waals surface area contributed by atoms with Gasteiger partial charge in [-0.3, -0.25) is 14.4 Å². The van der Waals surface area contributed by atoms with E-state index in [0.29, 0.717) is 61.4 Å². The Morgan fingerprint density at radius 2 is 1.00 bits per heavy atom. The lowest BCUT2D eigenvalue weighted by atomic mass is 9.72. The Kier molecular flexibility index (Phi) is 19.5. The van der Waals surface area contributed by atoms with Crippen molar-refractivity contribution in [3.05, 3.63) is 83.9 Å². The molecule has 0 radical (unpaired) electrons. The highest BCUT2D eigenvalue weighted by atomic mass is 16.5. The van der Waals surface area contributed by atoms with Crippen LogP contribution in [0.3, 0.4) is 0 Å². The molecule has 2 aliphatic carbocycles. The molecule has 0 aromatic heterocycles. The maximum Gasteiger partial charge on any atom is 0.312 e. The molecule has 0 amide bonds. The van der Waals surface area contributed by atoms with Gasteiger partial charge in [-0.25, -0.2) is 0 Å². The molecule has 3 N–H and O–H groups in total. The van der Waals surface area contributed by atoms with E-state index < -0.39 is 10.8 Å². The number of benzene rings is 4. The van der Waals surface area contributed by atoms with E-state index in [4.69, 9.17) is 24.7 Å². The van der Waals surface area contributed by atoms with Crippen LogP contribution in [0.15, 0.2) is 72.8 Å². The minimum Gasteiger partial charge on any atom is -0.490 e. The Balaban J connectivity index is 0.000000243. The number of carbonyl (C=O) groups is 3. The third-order valence-electron chi connectivity index (χ3n) is 13.3. The van der Waals surface area contributed by atoms with Crippen LogP contribution in [0.1, 0.15) is 150 Å². The van der Waals surface area contributed by atoms with Gasteiger partial charge in [0.15, 0.2) is 0 Å². The second-order valence-electron chi connectivity index (χ2n) is 21.7. The Morgan fingerprint density at radius 3 is 1.43 bits per heavy atom. The van der Waals surface area contributed by atoms with Gasteiger partial charge < -0.3 is 30.0 Å². The number of aldehydes is 1. The minimum absolute atomic E-state index is 0.162. The van der Waals surface area contributed by atoms with Crippen molar-refractivity contribution in [1.82, 2.24) is 5.32 Å². The average molecular weight is 895 g/mol. The SMILES string of the molecule is CC(C)(C)C1CCC(Oc2ccc3cc(C=O)ccc3c2)CC1.CCOC(=O)C(C)(C)CN.CCOC(=O)C(C)(C)CNCc1ccc2cc(OC3CCC(C(C)(C)C)CC3)ccc2c1. The second-order valence-corrected chi connectivity index (χ2v) is 21.7. The van der Waals surface area contributed by atoms with Crippen molar-refractivity contribution in [1.29, 1.82) is 0 Å². The number of fused-ring (bicyclic) bond motifs is 2. The largest absolute Gasteiger partial charge is 0.490 e. The number of rotatable bonds is 14. The molecule has 358 valence electrons. The van der Waals surface area contributed by atoms with Crippen LogP contribution in [0.4, 0.5) is 0 Å². The van der Waals surface area contributed by atoms with Crippen LogP contribution in [0.25, 0.3) is 21.5 Å². The number of ether oxygens (including phenoxy) is 4. The number of hydrogen-bond acceptors (Lipinski definition) is 9. The van der Waals surface area contributed by atoms with Gasteiger partial charge in [0.25, 0.3) is 0 Å². The molecular formula is C56H82N2O7. The molecule has 0 heterocycles. The van der Waals surface area contributed by atoms with Crippen LogP contribution in [0.2, 0.25) is 0 Å². The summed E-state index contributed by atoms with van der Waals surface area (Å²) in [6, 6.07) is 24.8. The van der Waals surface area contributed by atoms with E-state index in [1.165, 1.54) is 42.0 Å². The maximum absolute atomic E-state index is 12.0. The van der Waals surface area contributed by atoms with Crippen LogP contribution < -0.4 is 20.5 Å². The smallest absolute Gasteiger partial charge is 0.312 e. The summed E-state index contributed by atoms with van der Waals surface area (Å²) >= 11 is 0. The van der Waals surface area contributed by atoms with Gasteiger partial charge in [-0.1, -0.05) is 77.9 Å². The van der Waals surface area contributed by atoms with Crippen molar-refractivity contribution < 1.29 is 33.3 Å². The fourth-order valence-electron chi connectivity index (χ4n) is 8.65. The lowest BCUT2D eigenvalue weighted by Gasteiger charge is -2.37. The van der Waals surface area contributed by atoms with E-state index in [0.717, 1.165) is 66.1 Å². The summed E-state index contributed by atoms with van der Waals surface area (Å²) in [6.07, 6.45) is 11.1. The molecule has 65 heavy (non-hydrogen) atoms. The van der Waals surface area contributed by atoms with E-state index >= 15 is 0 Å². The summed E-state index contributed by atoms with van der Waals surface area (Å²) < 4.78 is 22.5. The van der Waals surface area contributed by atoms with Gasteiger partial charge in [-0.2, -0.15) is 0 Å². The average Bonchev–Trinajstić information content (AvgIpc) is 3.26. The molecule has 4 aromatic carbocycles. The first-order chi connectivity index (χ1) is 30.6. The normalized spacial score (nSPS) is 19.2. The number of hydrogen-bond donors (Lipinski definition) is 2. The second kappa shape index (κ2) is 23.8. The van der Waals surface area contributed by atoms with Gasteiger partial charge >= 0.3 is 11.9 Å².